The van der Waals surface area contributed by atoms with Gasteiger partial charge < -0.3 is 0 Å². The van der Waals surface area contributed by atoms with E-state index in [1.54, 1.807) is 24.3 Å². The first-order chi connectivity index (χ1) is 9.65. The largest absolute Gasteiger partial charge is 0.364 e. The van der Waals surface area contributed by atoms with Crippen molar-refractivity contribution in [3.63, 3.8) is 0 Å². The number of sulfone groups is 1. The second-order valence-corrected chi connectivity index (χ2v) is 8.49. The number of azo groups is 1. The molecule has 0 fully saturated rings. The average Bonchev–Trinajstić information content (AvgIpc) is 2.84. The predicted octanol–water partition coefficient (Wildman–Crippen LogP) is 3.26. The molecule has 0 N–H and O–H groups in total. The van der Waals surface area contributed by atoms with Gasteiger partial charge in [0.1, 0.15) is 0 Å². The molecule has 2 rings (SSSR count). The van der Waals surface area contributed by atoms with E-state index in [1.807, 2.05) is 27.7 Å². The van der Waals surface area contributed by atoms with Gasteiger partial charge >= 0.3 is 5.66 Å². The molecule has 0 saturated heterocycles. The van der Waals surface area contributed by atoms with Crippen LogP contribution >= 0.6 is 0 Å². The Bertz CT molecular complexity index is 709. The van der Waals surface area contributed by atoms with Crippen LogP contribution in [0.5, 0.6) is 0 Å². The summed E-state index contributed by atoms with van der Waals surface area (Å²) in [6.07, 6.45) is 0. The maximum atomic E-state index is 12.9. The van der Waals surface area contributed by atoms with Crippen molar-refractivity contribution in [3.05, 3.63) is 41.2 Å². The van der Waals surface area contributed by atoms with Crippen molar-refractivity contribution in [2.45, 2.75) is 43.5 Å². The summed E-state index contributed by atoms with van der Waals surface area (Å²) in [5, 5.41) is 7.00. The van der Waals surface area contributed by atoms with Crippen LogP contribution in [0.2, 0.25) is 0 Å². The van der Waals surface area contributed by atoms with Crippen LogP contribution in [0.1, 0.15) is 26.3 Å². The first-order valence-electron chi connectivity index (χ1n) is 6.73. The molecule has 1 aromatic rings. The Hall–Kier alpha value is -1.74. The summed E-state index contributed by atoms with van der Waals surface area (Å²) in [7, 11) is -3.66. The van der Waals surface area contributed by atoms with Gasteiger partial charge in [0.25, 0.3) is 0 Å². The molecule has 1 aliphatic rings. The molecule has 0 aliphatic carbocycles. The number of benzene rings is 1. The van der Waals surface area contributed by atoms with E-state index in [2.05, 4.69) is 15.1 Å². The lowest BCUT2D eigenvalue weighted by atomic mass is 9.79. The van der Waals surface area contributed by atoms with Gasteiger partial charge in [-0.05, 0) is 19.1 Å². The van der Waals surface area contributed by atoms with E-state index < -0.39 is 26.2 Å². The van der Waals surface area contributed by atoms with Gasteiger partial charge in [-0.2, -0.15) is 5.11 Å². The normalized spacial score (nSPS) is 25.8. The maximum absolute atomic E-state index is 12.9. The summed E-state index contributed by atoms with van der Waals surface area (Å²) in [5.41, 5.74) is -0.990. The standard InChI is InChI=1S/C15H19N3O2S/c1-11-6-8-12(9-7-11)21(19,20)13-10-17-18-15(13,16-5)14(2,3)4/h6-9,13H,10H2,1-4H3/t13-,15-/m1/s1. The van der Waals surface area contributed by atoms with Crippen molar-refractivity contribution in [3.8, 4) is 0 Å². The molecule has 0 spiro atoms. The van der Waals surface area contributed by atoms with Crippen molar-refractivity contribution >= 4 is 9.84 Å². The third kappa shape index (κ3) is 2.36. The van der Waals surface area contributed by atoms with E-state index in [0.29, 0.717) is 0 Å². The number of rotatable bonds is 2. The molecule has 0 unspecified atom stereocenters. The fourth-order valence-electron chi connectivity index (χ4n) is 2.52. The van der Waals surface area contributed by atoms with Crippen molar-refractivity contribution in [2.24, 2.45) is 15.6 Å². The quantitative estimate of drug-likeness (QED) is 0.787. The van der Waals surface area contributed by atoms with Crippen LogP contribution < -0.4 is 0 Å². The summed E-state index contributed by atoms with van der Waals surface area (Å²) in [6.45, 7) is 14.9. The van der Waals surface area contributed by atoms with Gasteiger partial charge in [-0.15, -0.1) is 5.11 Å². The van der Waals surface area contributed by atoms with Crippen molar-refractivity contribution in [1.82, 2.24) is 0 Å². The molecule has 2 atom stereocenters. The van der Waals surface area contributed by atoms with E-state index in [0.717, 1.165) is 5.56 Å². The Labute approximate surface area is 125 Å². The first kappa shape index (κ1) is 15.6. The molecule has 0 aromatic heterocycles. The van der Waals surface area contributed by atoms with Crippen molar-refractivity contribution in [1.29, 1.82) is 0 Å². The minimum Gasteiger partial charge on any atom is -0.281 e. The summed E-state index contributed by atoms with van der Waals surface area (Å²) >= 11 is 0. The van der Waals surface area contributed by atoms with E-state index in [1.165, 1.54) is 0 Å². The second-order valence-electron chi connectivity index (χ2n) is 6.36. The molecule has 1 aliphatic heterocycles. The molecule has 0 bridgehead atoms. The third-order valence-electron chi connectivity index (χ3n) is 3.92. The van der Waals surface area contributed by atoms with Crippen molar-refractivity contribution in [2.75, 3.05) is 6.54 Å². The summed E-state index contributed by atoms with van der Waals surface area (Å²) in [4.78, 5) is 3.82. The summed E-state index contributed by atoms with van der Waals surface area (Å²) in [6, 6.07) is 6.68. The Morgan fingerprint density at radius 3 is 2.33 bits per heavy atom. The Balaban J connectivity index is 2.55. The lowest BCUT2D eigenvalue weighted by Gasteiger charge is -2.31. The molecule has 1 aromatic carbocycles. The molecule has 21 heavy (non-hydrogen) atoms. The van der Waals surface area contributed by atoms with Crippen LogP contribution in [0.3, 0.4) is 0 Å². The highest BCUT2D eigenvalue weighted by Crippen LogP contribution is 2.45. The molecule has 0 saturated carbocycles. The van der Waals surface area contributed by atoms with Crippen LogP contribution in [0, 0.1) is 18.9 Å². The molecule has 0 amide bonds. The molecule has 6 heteroatoms. The van der Waals surface area contributed by atoms with E-state index in [9.17, 15) is 8.42 Å². The van der Waals surface area contributed by atoms with Crippen LogP contribution in [0.4, 0.5) is 0 Å². The topological polar surface area (TPSA) is 63.2 Å². The molecular formula is C15H19N3O2S. The number of hydrogen-bond acceptors (Lipinski definition) is 4. The minimum absolute atomic E-state index is 0.0376. The fourth-order valence-corrected chi connectivity index (χ4v) is 4.51. The molecule has 112 valence electrons. The Morgan fingerprint density at radius 1 is 1.29 bits per heavy atom. The lowest BCUT2D eigenvalue weighted by Crippen LogP contribution is -2.50. The third-order valence-corrected chi connectivity index (χ3v) is 6.07. The molecule has 1 heterocycles. The zero-order valence-corrected chi connectivity index (χ0v) is 13.5. The molecule has 0 radical (unpaired) electrons. The van der Waals surface area contributed by atoms with Crippen LogP contribution in [0.25, 0.3) is 4.85 Å². The smallest absolute Gasteiger partial charge is 0.281 e. The van der Waals surface area contributed by atoms with Crippen molar-refractivity contribution < 1.29 is 8.42 Å². The van der Waals surface area contributed by atoms with Gasteiger partial charge in [0.15, 0.2) is 15.1 Å². The number of aryl methyl sites for hydroxylation is 1. The van der Waals surface area contributed by atoms with Gasteiger partial charge in [0.05, 0.1) is 16.9 Å². The van der Waals surface area contributed by atoms with Crippen LogP contribution in [-0.2, 0) is 9.84 Å². The first-order valence-corrected chi connectivity index (χ1v) is 8.27. The highest BCUT2D eigenvalue weighted by molar-refractivity contribution is 7.92. The zero-order chi connectivity index (χ0) is 15.9. The van der Waals surface area contributed by atoms with E-state index in [-0.39, 0.29) is 11.4 Å². The van der Waals surface area contributed by atoms with Gasteiger partial charge in [-0.3, -0.25) is 4.85 Å². The highest BCUT2D eigenvalue weighted by Gasteiger charge is 2.63. The Kier molecular flexibility index (Phi) is 3.66. The van der Waals surface area contributed by atoms with Gasteiger partial charge in [-0.1, -0.05) is 38.5 Å². The van der Waals surface area contributed by atoms with Crippen LogP contribution in [0.15, 0.2) is 39.4 Å². The summed E-state index contributed by atoms with van der Waals surface area (Å²) < 4.78 is 25.8. The monoisotopic (exact) mass is 305 g/mol. The minimum atomic E-state index is -3.66. The maximum Gasteiger partial charge on any atom is 0.364 e. The van der Waals surface area contributed by atoms with Gasteiger partial charge in [0.2, 0.25) is 0 Å². The second kappa shape index (κ2) is 4.92. The average molecular weight is 305 g/mol. The highest BCUT2D eigenvalue weighted by atomic mass is 32.2. The molecule has 5 nitrogen and oxygen atoms in total. The van der Waals surface area contributed by atoms with E-state index >= 15 is 0 Å². The Morgan fingerprint density at radius 2 is 1.86 bits per heavy atom. The van der Waals surface area contributed by atoms with Gasteiger partial charge in [-0.25, -0.2) is 15.0 Å². The number of nitrogens with zero attached hydrogens (tertiary/aromatic N) is 3. The fraction of sp³-hybridized carbons (Fsp3) is 0.533. The zero-order valence-electron chi connectivity index (χ0n) is 12.7. The lowest BCUT2D eigenvalue weighted by molar-refractivity contribution is 0.244. The number of hydrogen-bond donors (Lipinski definition) is 0. The van der Waals surface area contributed by atoms with Crippen LogP contribution in [-0.4, -0.2) is 25.9 Å². The summed E-state index contributed by atoms with van der Waals surface area (Å²) in [5.74, 6) is 0. The van der Waals surface area contributed by atoms with E-state index in [4.69, 9.17) is 6.57 Å². The SMILES string of the molecule is [C-]#[N+][C@@]1(C(C)(C)C)N=NC[C@H]1S(=O)(=O)c1ccc(C)cc1. The predicted molar refractivity (Wildman–Crippen MR) is 80.7 cm³/mol. The van der Waals surface area contributed by atoms with Gasteiger partial charge in [0, 0.05) is 0 Å². The molecular weight excluding hydrogens is 286 g/mol.